The predicted octanol–water partition coefficient (Wildman–Crippen LogP) is 3.14. The van der Waals surface area contributed by atoms with Crippen molar-refractivity contribution in [2.45, 2.75) is 6.54 Å². The van der Waals surface area contributed by atoms with E-state index in [0.29, 0.717) is 11.4 Å². The molecule has 0 radical (unpaired) electrons. The van der Waals surface area contributed by atoms with Crippen LogP contribution in [0.1, 0.15) is 15.2 Å². The second-order valence-electron chi connectivity index (χ2n) is 4.80. The molecule has 6 heteroatoms. The summed E-state index contributed by atoms with van der Waals surface area (Å²) in [5.74, 6) is 0.658. The maximum atomic E-state index is 12.2. The number of hydrogen-bond acceptors (Lipinski definition) is 5. The first-order valence-electron chi connectivity index (χ1n) is 7.03. The molecule has 1 N–H and O–H groups in total. The summed E-state index contributed by atoms with van der Waals surface area (Å²) in [5, 5.41) is 3.67. The van der Waals surface area contributed by atoms with E-state index < -0.39 is 0 Å². The molecule has 0 spiro atoms. The van der Waals surface area contributed by atoms with Crippen LogP contribution in [0.25, 0.3) is 10.6 Å². The molecule has 0 saturated carbocycles. The standard InChI is InChI=1S/C17H15N3O2S/c1-22-14-6-4-13(5-7-14)17-20-11-15(23-17)16(21)19-10-12-3-2-8-18-9-12/h2-9,11H,10H2,1H3,(H,19,21). The van der Waals surface area contributed by atoms with Crippen molar-refractivity contribution in [3.8, 4) is 16.3 Å². The maximum absolute atomic E-state index is 12.2. The van der Waals surface area contributed by atoms with E-state index in [1.165, 1.54) is 11.3 Å². The largest absolute Gasteiger partial charge is 0.497 e. The van der Waals surface area contributed by atoms with Gasteiger partial charge in [-0.3, -0.25) is 9.78 Å². The fourth-order valence-corrected chi connectivity index (χ4v) is 2.86. The van der Waals surface area contributed by atoms with Crippen LogP contribution < -0.4 is 10.1 Å². The molecule has 2 aromatic heterocycles. The van der Waals surface area contributed by atoms with E-state index in [0.717, 1.165) is 21.9 Å². The molecule has 0 bridgehead atoms. The monoisotopic (exact) mass is 325 g/mol. The summed E-state index contributed by atoms with van der Waals surface area (Å²) in [4.78, 5) is 21.1. The topological polar surface area (TPSA) is 64.1 Å². The number of amides is 1. The van der Waals surface area contributed by atoms with Gasteiger partial charge in [-0.15, -0.1) is 11.3 Å². The van der Waals surface area contributed by atoms with E-state index in [2.05, 4.69) is 15.3 Å². The summed E-state index contributed by atoms with van der Waals surface area (Å²) in [6.07, 6.45) is 5.04. The van der Waals surface area contributed by atoms with Gasteiger partial charge in [0.25, 0.3) is 5.91 Å². The zero-order valence-corrected chi connectivity index (χ0v) is 13.3. The molecule has 0 atom stereocenters. The van der Waals surface area contributed by atoms with Crippen molar-refractivity contribution in [1.82, 2.24) is 15.3 Å². The minimum atomic E-state index is -0.133. The van der Waals surface area contributed by atoms with Gasteiger partial charge in [0, 0.05) is 24.5 Å². The molecule has 1 aromatic carbocycles. The SMILES string of the molecule is COc1ccc(-c2ncc(C(=O)NCc3cccnc3)s2)cc1. The van der Waals surface area contributed by atoms with Crippen LogP contribution >= 0.6 is 11.3 Å². The number of methoxy groups -OCH3 is 1. The van der Waals surface area contributed by atoms with Gasteiger partial charge < -0.3 is 10.1 Å². The normalized spacial score (nSPS) is 10.3. The second kappa shape index (κ2) is 7.02. The van der Waals surface area contributed by atoms with Crippen molar-refractivity contribution < 1.29 is 9.53 Å². The number of nitrogens with one attached hydrogen (secondary N) is 1. The average Bonchev–Trinajstić information content (AvgIpc) is 3.11. The first kappa shape index (κ1) is 15.2. The summed E-state index contributed by atoms with van der Waals surface area (Å²) in [7, 11) is 1.63. The molecule has 2 heterocycles. The average molecular weight is 325 g/mol. The minimum Gasteiger partial charge on any atom is -0.497 e. The van der Waals surface area contributed by atoms with E-state index in [1.807, 2.05) is 36.4 Å². The van der Waals surface area contributed by atoms with Gasteiger partial charge >= 0.3 is 0 Å². The number of carbonyl (C=O) groups excluding carboxylic acids is 1. The molecule has 3 rings (SSSR count). The van der Waals surface area contributed by atoms with Crippen LogP contribution in [0.4, 0.5) is 0 Å². The Morgan fingerprint density at radius 2 is 2.04 bits per heavy atom. The van der Waals surface area contributed by atoms with Crippen molar-refractivity contribution in [3.63, 3.8) is 0 Å². The fraction of sp³-hybridized carbons (Fsp3) is 0.118. The smallest absolute Gasteiger partial charge is 0.263 e. The highest BCUT2D eigenvalue weighted by Crippen LogP contribution is 2.26. The van der Waals surface area contributed by atoms with Gasteiger partial charge in [0.15, 0.2) is 0 Å². The van der Waals surface area contributed by atoms with Crippen LogP contribution in [0.5, 0.6) is 5.75 Å². The molecule has 0 fully saturated rings. The van der Waals surface area contributed by atoms with Crippen molar-refractivity contribution in [1.29, 1.82) is 0 Å². The zero-order chi connectivity index (χ0) is 16.1. The van der Waals surface area contributed by atoms with E-state index in [4.69, 9.17) is 4.74 Å². The molecular formula is C17H15N3O2S. The van der Waals surface area contributed by atoms with Crippen LogP contribution in [0, 0.1) is 0 Å². The highest BCUT2D eigenvalue weighted by molar-refractivity contribution is 7.16. The van der Waals surface area contributed by atoms with Gasteiger partial charge in [0.2, 0.25) is 0 Å². The van der Waals surface area contributed by atoms with Gasteiger partial charge in [0.05, 0.1) is 13.3 Å². The molecular weight excluding hydrogens is 310 g/mol. The third-order valence-electron chi connectivity index (χ3n) is 3.24. The lowest BCUT2D eigenvalue weighted by atomic mass is 10.2. The van der Waals surface area contributed by atoms with Crippen LogP contribution in [0.2, 0.25) is 0 Å². The number of pyridine rings is 1. The summed E-state index contributed by atoms with van der Waals surface area (Å²) < 4.78 is 5.14. The fourth-order valence-electron chi connectivity index (χ4n) is 2.02. The first-order valence-corrected chi connectivity index (χ1v) is 7.85. The number of benzene rings is 1. The quantitative estimate of drug-likeness (QED) is 0.783. The molecule has 23 heavy (non-hydrogen) atoms. The van der Waals surface area contributed by atoms with Gasteiger partial charge in [-0.25, -0.2) is 4.98 Å². The van der Waals surface area contributed by atoms with E-state index in [1.54, 1.807) is 25.7 Å². The highest BCUT2D eigenvalue weighted by Gasteiger charge is 2.11. The number of carbonyl (C=O) groups is 1. The van der Waals surface area contributed by atoms with Crippen molar-refractivity contribution in [2.75, 3.05) is 7.11 Å². The molecule has 1 amide bonds. The first-order chi connectivity index (χ1) is 11.3. The number of rotatable bonds is 5. The Morgan fingerprint density at radius 1 is 1.22 bits per heavy atom. The maximum Gasteiger partial charge on any atom is 0.263 e. The Labute approximate surface area is 138 Å². The van der Waals surface area contributed by atoms with Crippen molar-refractivity contribution >= 4 is 17.2 Å². The molecule has 5 nitrogen and oxygen atoms in total. The Bertz CT molecular complexity index is 785. The number of nitrogens with zero attached hydrogens (tertiary/aromatic N) is 2. The summed E-state index contributed by atoms with van der Waals surface area (Å²) >= 11 is 1.36. The zero-order valence-electron chi connectivity index (χ0n) is 12.5. The van der Waals surface area contributed by atoms with Gasteiger partial charge in [-0.2, -0.15) is 0 Å². The van der Waals surface area contributed by atoms with E-state index in [9.17, 15) is 4.79 Å². The van der Waals surface area contributed by atoms with Crippen molar-refractivity contribution in [2.24, 2.45) is 0 Å². The molecule has 0 aliphatic heterocycles. The number of thiazole rings is 1. The molecule has 116 valence electrons. The third kappa shape index (κ3) is 3.73. The molecule has 0 aliphatic carbocycles. The molecule has 3 aromatic rings. The Balaban J connectivity index is 1.67. The lowest BCUT2D eigenvalue weighted by Crippen LogP contribution is -2.21. The van der Waals surface area contributed by atoms with Crippen molar-refractivity contribution in [3.05, 3.63) is 65.4 Å². The Hall–Kier alpha value is -2.73. The lowest BCUT2D eigenvalue weighted by Gasteiger charge is -2.02. The third-order valence-corrected chi connectivity index (χ3v) is 4.29. The number of ether oxygens (including phenoxy) is 1. The van der Waals surface area contributed by atoms with Gasteiger partial charge in [0.1, 0.15) is 15.6 Å². The lowest BCUT2D eigenvalue weighted by molar-refractivity contribution is 0.0954. The van der Waals surface area contributed by atoms with E-state index >= 15 is 0 Å². The molecule has 0 saturated heterocycles. The Morgan fingerprint density at radius 3 is 2.74 bits per heavy atom. The highest BCUT2D eigenvalue weighted by atomic mass is 32.1. The summed E-state index contributed by atoms with van der Waals surface area (Å²) in [5.41, 5.74) is 1.92. The van der Waals surface area contributed by atoms with E-state index in [-0.39, 0.29) is 5.91 Å². The van der Waals surface area contributed by atoms with Gasteiger partial charge in [-0.1, -0.05) is 6.07 Å². The van der Waals surface area contributed by atoms with Crippen LogP contribution in [-0.4, -0.2) is 23.0 Å². The second-order valence-corrected chi connectivity index (χ2v) is 5.83. The minimum absolute atomic E-state index is 0.133. The predicted molar refractivity (Wildman–Crippen MR) is 89.5 cm³/mol. The summed E-state index contributed by atoms with van der Waals surface area (Å²) in [6, 6.07) is 11.4. The van der Waals surface area contributed by atoms with Crippen LogP contribution in [-0.2, 0) is 6.54 Å². The molecule has 0 unspecified atom stereocenters. The summed E-state index contributed by atoms with van der Waals surface area (Å²) in [6.45, 7) is 0.447. The van der Waals surface area contributed by atoms with Crippen LogP contribution in [0.3, 0.4) is 0 Å². The number of aromatic nitrogens is 2. The van der Waals surface area contributed by atoms with Crippen LogP contribution in [0.15, 0.2) is 55.0 Å². The number of hydrogen-bond donors (Lipinski definition) is 1. The molecule has 0 aliphatic rings. The van der Waals surface area contributed by atoms with Gasteiger partial charge in [-0.05, 0) is 35.9 Å². The Kier molecular flexibility index (Phi) is 4.63.